The number of esters is 1. The molecule has 0 aliphatic heterocycles. The maximum absolute atomic E-state index is 14.1. The van der Waals surface area contributed by atoms with Crippen molar-refractivity contribution in [1.82, 2.24) is 9.78 Å². The van der Waals surface area contributed by atoms with Gasteiger partial charge in [0.1, 0.15) is 6.04 Å². The van der Waals surface area contributed by atoms with Gasteiger partial charge in [-0.3, -0.25) is 4.68 Å². The lowest BCUT2D eigenvalue weighted by Crippen LogP contribution is -2.41. The van der Waals surface area contributed by atoms with Crippen molar-refractivity contribution in [3.63, 3.8) is 0 Å². The van der Waals surface area contributed by atoms with Crippen LogP contribution < -0.4 is 0 Å². The van der Waals surface area contributed by atoms with Crippen molar-refractivity contribution in [1.29, 1.82) is 0 Å². The zero-order valence-corrected chi connectivity index (χ0v) is 17.2. The van der Waals surface area contributed by atoms with Gasteiger partial charge in [-0.05, 0) is 37.5 Å². The van der Waals surface area contributed by atoms with Crippen LogP contribution in [-0.2, 0) is 15.1 Å². The molecule has 5 nitrogen and oxygen atoms in total. The van der Waals surface area contributed by atoms with Crippen LogP contribution in [0.1, 0.15) is 36.6 Å². The van der Waals surface area contributed by atoms with Gasteiger partial charge >= 0.3 is 12.1 Å². The lowest BCUT2D eigenvalue weighted by Gasteiger charge is -2.28. The number of ether oxygens (including phenoxy) is 1. The molecule has 4 rings (SSSR count). The molecular weight excluding hydrogens is 409 g/mol. The van der Waals surface area contributed by atoms with Crippen molar-refractivity contribution >= 4 is 5.97 Å². The molecular formula is C23H21F3N2O3. The van der Waals surface area contributed by atoms with Crippen LogP contribution in [-0.4, -0.2) is 33.6 Å². The molecule has 1 aliphatic rings. The summed E-state index contributed by atoms with van der Waals surface area (Å²) in [6, 6.07) is 8.43. The van der Waals surface area contributed by atoms with Crippen LogP contribution in [0.4, 0.5) is 13.2 Å². The molecule has 162 valence electrons. The predicted molar refractivity (Wildman–Crippen MR) is 108 cm³/mol. The minimum absolute atomic E-state index is 0.198. The lowest BCUT2D eigenvalue weighted by molar-refractivity contribution is -0.246. The Balaban J connectivity index is 1.92. The zero-order valence-electron chi connectivity index (χ0n) is 17.2. The van der Waals surface area contributed by atoms with Gasteiger partial charge in [-0.1, -0.05) is 42.0 Å². The Kier molecular flexibility index (Phi) is 4.93. The highest BCUT2D eigenvalue weighted by Crippen LogP contribution is 2.57. The number of halogens is 3. The van der Waals surface area contributed by atoms with Gasteiger partial charge in [-0.2, -0.15) is 18.3 Å². The molecule has 2 atom stereocenters. The largest absolute Gasteiger partial charge is 0.464 e. The van der Waals surface area contributed by atoms with E-state index in [-0.39, 0.29) is 17.7 Å². The number of hydrogen-bond acceptors (Lipinski definition) is 4. The highest BCUT2D eigenvalue weighted by atomic mass is 19.4. The minimum Gasteiger partial charge on any atom is -0.464 e. The Morgan fingerprint density at radius 1 is 1.23 bits per heavy atom. The van der Waals surface area contributed by atoms with Gasteiger partial charge in [0.25, 0.3) is 0 Å². The molecule has 0 radical (unpaired) electrons. The third-order valence-corrected chi connectivity index (χ3v) is 5.61. The van der Waals surface area contributed by atoms with E-state index in [1.54, 1.807) is 45.2 Å². The first-order valence-electron chi connectivity index (χ1n) is 9.84. The average molecular weight is 430 g/mol. The Labute approximate surface area is 177 Å². The zero-order chi connectivity index (χ0) is 22.6. The molecule has 1 aromatic heterocycles. The maximum Gasteiger partial charge on any atom is 0.425 e. The lowest BCUT2D eigenvalue weighted by atomic mass is 9.88. The predicted octanol–water partition coefficient (Wildman–Crippen LogP) is 4.76. The molecule has 2 unspecified atom stereocenters. The van der Waals surface area contributed by atoms with Gasteiger partial charge in [-0.25, -0.2) is 4.79 Å². The summed E-state index contributed by atoms with van der Waals surface area (Å²) in [4.78, 5) is 12.0. The molecule has 2 aromatic carbocycles. The summed E-state index contributed by atoms with van der Waals surface area (Å²) in [6.07, 6.45) is -1.80. The van der Waals surface area contributed by atoms with E-state index >= 15 is 0 Å². The van der Waals surface area contributed by atoms with Crippen LogP contribution >= 0.6 is 0 Å². The molecule has 0 amide bonds. The fourth-order valence-electron chi connectivity index (χ4n) is 4.12. The van der Waals surface area contributed by atoms with E-state index in [0.717, 1.165) is 0 Å². The number of carbonyl (C=O) groups is 1. The molecule has 0 saturated carbocycles. The normalized spacial score (nSPS) is 18.4. The Hall–Kier alpha value is -3.13. The van der Waals surface area contributed by atoms with Crippen LogP contribution in [0.15, 0.2) is 48.8 Å². The van der Waals surface area contributed by atoms with Crippen LogP contribution in [0.5, 0.6) is 0 Å². The summed E-state index contributed by atoms with van der Waals surface area (Å²) in [6.45, 7) is 5.24. The van der Waals surface area contributed by atoms with Crippen LogP contribution in [0, 0.1) is 6.92 Å². The topological polar surface area (TPSA) is 64.3 Å². The highest BCUT2D eigenvalue weighted by molar-refractivity contribution is 5.92. The monoisotopic (exact) mass is 430 g/mol. The number of nitrogens with zero attached hydrogens (tertiary/aromatic N) is 2. The summed E-state index contributed by atoms with van der Waals surface area (Å²) in [5, 5.41) is 15.2. The minimum atomic E-state index is -4.90. The standard InChI is InChI=1S/C23H21F3N2O3/c1-4-31-21(29)14(3)28-12-15(11-27-28)17-9-13(2)10-19-20(17)16-7-5-6-8-18(16)22(19,30)23(24,25)26/h5-12,14,30H,4H2,1-3H3. The van der Waals surface area contributed by atoms with Crippen molar-refractivity contribution in [3.8, 4) is 22.3 Å². The van der Waals surface area contributed by atoms with Gasteiger partial charge in [0.2, 0.25) is 5.60 Å². The van der Waals surface area contributed by atoms with Gasteiger partial charge in [-0.15, -0.1) is 0 Å². The van der Waals surface area contributed by atoms with Crippen LogP contribution in [0.2, 0.25) is 0 Å². The molecule has 0 bridgehead atoms. The maximum atomic E-state index is 14.1. The second kappa shape index (κ2) is 7.23. The molecule has 0 fully saturated rings. The fraction of sp³-hybridized carbons (Fsp3) is 0.304. The van der Waals surface area contributed by atoms with E-state index in [1.807, 2.05) is 0 Å². The summed E-state index contributed by atoms with van der Waals surface area (Å²) < 4.78 is 48.8. The van der Waals surface area contributed by atoms with E-state index in [9.17, 15) is 23.1 Å². The number of fused-ring (bicyclic) bond motifs is 3. The molecule has 0 saturated heterocycles. The van der Waals surface area contributed by atoms with Crippen molar-refractivity contribution < 1.29 is 27.8 Å². The number of hydrogen-bond donors (Lipinski definition) is 1. The highest BCUT2D eigenvalue weighted by Gasteiger charge is 2.61. The van der Waals surface area contributed by atoms with E-state index < -0.39 is 23.8 Å². The molecule has 1 aliphatic carbocycles. The summed E-state index contributed by atoms with van der Waals surface area (Å²) in [5.41, 5.74) is -1.27. The number of benzene rings is 2. The smallest absolute Gasteiger partial charge is 0.425 e. The summed E-state index contributed by atoms with van der Waals surface area (Å²) in [5.74, 6) is -0.455. The first-order chi connectivity index (χ1) is 14.6. The first kappa shape index (κ1) is 21.1. The van der Waals surface area contributed by atoms with Gasteiger partial charge in [0, 0.05) is 22.9 Å². The second-order valence-electron chi connectivity index (χ2n) is 7.63. The fourth-order valence-corrected chi connectivity index (χ4v) is 4.12. The third-order valence-electron chi connectivity index (χ3n) is 5.61. The number of carbonyl (C=O) groups excluding carboxylic acids is 1. The summed E-state index contributed by atoms with van der Waals surface area (Å²) >= 11 is 0. The molecule has 8 heteroatoms. The van der Waals surface area contributed by atoms with Crippen molar-refractivity contribution in [3.05, 3.63) is 65.5 Å². The number of aromatic nitrogens is 2. The van der Waals surface area contributed by atoms with E-state index in [2.05, 4.69) is 5.10 Å². The van der Waals surface area contributed by atoms with Gasteiger partial charge in [0.05, 0.1) is 12.8 Å². The van der Waals surface area contributed by atoms with Crippen LogP contribution in [0.3, 0.4) is 0 Å². The number of aryl methyl sites for hydroxylation is 1. The van der Waals surface area contributed by atoms with Crippen molar-refractivity contribution in [2.75, 3.05) is 6.61 Å². The number of alkyl halides is 3. The number of aliphatic hydroxyl groups is 1. The van der Waals surface area contributed by atoms with E-state index in [1.165, 1.54) is 29.1 Å². The Morgan fingerprint density at radius 2 is 1.94 bits per heavy atom. The van der Waals surface area contributed by atoms with Crippen molar-refractivity contribution in [2.45, 2.75) is 38.6 Å². The molecule has 3 aromatic rings. The quantitative estimate of drug-likeness (QED) is 0.606. The SMILES string of the molecule is CCOC(=O)C(C)n1cc(-c2cc(C)cc3c2-c2ccccc2C3(O)C(F)(F)F)cn1. The van der Waals surface area contributed by atoms with E-state index in [0.29, 0.717) is 27.8 Å². The van der Waals surface area contributed by atoms with Crippen LogP contribution in [0.25, 0.3) is 22.3 Å². The first-order valence-corrected chi connectivity index (χ1v) is 9.84. The van der Waals surface area contributed by atoms with Gasteiger partial charge in [0.15, 0.2) is 0 Å². The second-order valence-corrected chi connectivity index (χ2v) is 7.63. The number of rotatable bonds is 4. The average Bonchev–Trinajstić information content (AvgIpc) is 3.30. The molecule has 0 spiro atoms. The van der Waals surface area contributed by atoms with Gasteiger partial charge < -0.3 is 9.84 Å². The Bertz CT molecular complexity index is 1170. The Morgan fingerprint density at radius 3 is 2.61 bits per heavy atom. The molecule has 1 heterocycles. The molecule has 1 N–H and O–H groups in total. The summed E-state index contributed by atoms with van der Waals surface area (Å²) in [7, 11) is 0. The van der Waals surface area contributed by atoms with E-state index in [4.69, 9.17) is 4.74 Å². The van der Waals surface area contributed by atoms with Crippen molar-refractivity contribution in [2.24, 2.45) is 0 Å². The third kappa shape index (κ3) is 3.13. The molecule has 31 heavy (non-hydrogen) atoms.